The molecule has 1 heterocycles. The molecule has 2 heteroatoms. The predicted molar refractivity (Wildman–Crippen MR) is 51.0 cm³/mol. The minimum absolute atomic E-state index is 0.00694. The van der Waals surface area contributed by atoms with E-state index >= 15 is 0 Å². The highest BCUT2D eigenvalue weighted by atomic mass is 16.5. The summed E-state index contributed by atoms with van der Waals surface area (Å²) < 4.78 is 5.84. The largest absolute Gasteiger partial charge is 0.373 e. The van der Waals surface area contributed by atoms with Gasteiger partial charge in [0.15, 0.2) is 0 Å². The molecule has 0 aromatic carbocycles. The fourth-order valence-corrected chi connectivity index (χ4v) is 2.00. The van der Waals surface area contributed by atoms with Gasteiger partial charge < -0.3 is 10.5 Å². The molecule has 1 fully saturated rings. The number of hydrogen-bond donors (Lipinski definition) is 1. The van der Waals surface area contributed by atoms with Gasteiger partial charge in [0.1, 0.15) is 0 Å². The van der Waals surface area contributed by atoms with Gasteiger partial charge in [-0.1, -0.05) is 20.3 Å². The van der Waals surface area contributed by atoms with E-state index in [1.54, 1.807) is 0 Å². The van der Waals surface area contributed by atoms with Crippen LogP contribution in [0.15, 0.2) is 0 Å². The lowest BCUT2D eigenvalue weighted by Gasteiger charge is -2.41. The number of hydrogen-bond acceptors (Lipinski definition) is 2. The van der Waals surface area contributed by atoms with E-state index in [0.717, 1.165) is 19.4 Å². The SMILES string of the molecule is CCC(C)C1(CN)CCCCO1. The van der Waals surface area contributed by atoms with Crippen LogP contribution in [0.25, 0.3) is 0 Å². The zero-order valence-corrected chi connectivity index (χ0v) is 8.31. The average Bonchev–Trinajstić information content (AvgIpc) is 2.17. The molecule has 0 amide bonds. The topological polar surface area (TPSA) is 35.2 Å². The third-order valence-corrected chi connectivity index (χ3v) is 3.24. The summed E-state index contributed by atoms with van der Waals surface area (Å²) >= 11 is 0. The Kier molecular flexibility index (Phi) is 3.53. The van der Waals surface area contributed by atoms with Crippen molar-refractivity contribution >= 4 is 0 Å². The standard InChI is InChI=1S/C10H21NO/c1-3-9(2)10(8-11)6-4-5-7-12-10/h9H,3-8,11H2,1-2H3. The maximum Gasteiger partial charge on any atom is 0.0829 e. The summed E-state index contributed by atoms with van der Waals surface area (Å²) in [6, 6.07) is 0. The van der Waals surface area contributed by atoms with Gasteiger partial charge in [-0.25, -0.2) is 0 Å². The molecule has 0 aromatic heterocycles. The van der Waals surface area contributed by atoms with Gasteiger partial charge in [-0.3, -0.25) is 0 Å². The number of rotatable bonds is 3. The predicted octanol–water partition coefficient (Wildman–Crippen LogP) is 1.93. The zero-order chi connectivity index (χ0) is 9.03. The molecule has 2 atom stereocenters. The van der Waals surface area contributed by atoms with E-state index < -0.39 is 0 Å². The molecule has 0 aromatic rings. The fraction of sp³-hybridized carbons (Fsp3) is 1.00. The lowest BCUT2D eigenvalue weighted by molar-refractivity contribution is -0.106. The van der Waals surface area contributed by atoms with Gasteiger partial charge in [-0.15, -0.1) is 0 Å². The Morgan fingerprint density at radius 2 is 2.25 bits per heavy atom. The maximum atomic E-state index is 5.84. The molecule has 0 bridgehead atoms. The van der Waals surface area contributed by atoms with Crippen molar-refractivity contribution in [2.45, 2.75) is 45.1 Å². The Balaban J connectivity index is 2.59. The van der Waals surface area contributed by atoms with Crippen LogP contribution in [0.3, 0.4) is 0 Å². The van der Waals surface area contributed by atoms with Crippen molar-refractivity contribution in [1.29, 1.82) is 0 Å². The van der Waals surface area contributed by atoms with Crippen LogP contribution in [0.4, 0.5) is 0 Å². The molecule has 0 aliphatic carbocycles. The first kappa shape index (κ1) is 10.0. The average molecular weight is 171 g/mol. The quantitative estimate of drug-likeness (QED) is 0.704. The molecule has 1 aliphatic heterocycles. The Morgan fingerprint density at radius 3 is 2.67 bits per heavy atom. The number of ether oxygens (including phenoxy) is 1. The van der Waals surface area contributed by atoms with Crippen LogP contribution < -0.4 is 5.73 Å². The summed E-state index contributed by atoms with van der Waals surface area (Å²) in [4.78, 5) is 0. The number of nitrogens with two attached hydrogens (primary N) is 1. The van der Waals surface area contributed by atoms with E-state index in [1.807, 2.05) is 0 Å². The molecule has 2 unspecified atom stereocenters. The summed E-state index contributed by atoms with van der Waals surface area (Å²) in [5, 5.41) is 0. The third kappa shape index (κ3) is 1.80. The summed E-state index contributed by atoms with van der Waals surface area (Å²) in [6.07, 6.45) is 4.80. The van der Waals surface area contributed by atoms with E-state index in [2.05, 4.69) is 13.8 Å². The van der Waals surface area contributed by atoms with Gasteiger partial charge in [0, 0.05) is 13.2 Å². The highest BCUT2D eigenvalue weighted by Gasteiger charge is 2.36. The molecule has 2 N–H and O–H groups in total. The van der Waals surface area contributed by atoms with Crippen LogP contribution in [-0.2, 0) is 4.74 Å². The van der Waals surface area contributed by atoms with E-state index in [-0.39, 0.29) is 5.60 Å². The highest BCUT2D eigenvalue weighted by Crippen LogP contribution is 2.32. The minimum atomic E-state index is 0.00694. The normalized spacial score (nSPS) is 33.2. The van der Waals surface area contributed by atoms with Gasteiger partial charge in [0.05, 0.1) is 5.60 Å². The van der Waals surface area contributed by atoms with Crippen molar-refractivity contribution in [1.82, 2.24) is 0 Å². The first-order chi connectivity index (χ1) is 5.75. The smallest absolute Gasteiger partial charge is 0.0829 e. The third-order valence-electron chi connectivity index (χ3n) is 3.24. The first-order valence-corrected chi connectivity index (χ1v) is 5.09. The second-order valence-electron chi connectivity index (χ2n) is 3.88. The lowest BCUT2D eigenvalue weighted by atomic mass is 9.81. The zero-order valence-electron chi connectivity index (χ0n) is 8.31. The first-order valence-electron chi connectivity index (χ1n) is 5.09. The lowest BCUT2D eigenvalue weighted by Crippen LogP contribution is -2.48. The molecule has 0 spiro atoms. The van der Waals surface area contributed by atoms with Gasteiger partial charge in [0.2, 0.25) is 0 Å². The van der Waals surface area contributed by atoms with E-state index in [0.29, 0.717) is 12.5 Å². The Morgan fingerprint density at radius 1 is 1.50 bits per heavy atom. The molecule has 72 valence electrons. The monoisotopic (exact) mass is 171 g/mol. The van der Waals surface area contributed by atoms with Crippen molar-refractivity contribution < 1.29 is 4.74 Å². The minimum Gasteiger partial charge on any atom is -0.373 e. The van der Waals surface area contributed by atoms with Crippen LogP contribution in [0.5, 0.6) is 0 Å². The van der Waals surface area contributed by atoms with Crippen LogP contribution in [-0.4, -0.2) is 18.8 Å². The molecule has 0 saturated carbocycles. The fourth-order valence-electron chi connectivity index (χ4n) is 2.00. The molecule has 12 heavy (non-hydrogen) atoms. The molecular formula is C10H21NO. The summed E-state index contributed by atoms with van der Waals surface area (Å²) in [6.45, 7) is 6.04. The molecular weight excluding hydrogens is 150 g/mol. The second kappa shape index (κ2) is 4.24. The van der Waals surface area contributed by atoms with Crippen molar-refractivity contribution in [3.8, 4) is 0 Å². The second-order valence-corrected chi connectivity index (χ2v) is 3.88. The Hall–Kier alpha value is -0.0800. The highest BCUT2D eigenvalue weighted by molar-refractivity contribution is 4.88. The van der Waals surface area contributed by atoms with Gasteiger partial charge in [-0.2, -0.15) is 0 Å². The van der Waals surface area contributed by atoms with Gasteiger partial charge >= 0.3 is 0 Å². The van der Waals surface area contributed by atoms with Crippen LogP contribution in [0, 0.1) is 5.92 Å². The molecule has 1 saturated heterocycles. The Labute approximate surface area is 75.5 Å². The summed E-state index contributed by atoms with van der Waals surface area (Å²) in [5.74, 6) is 0.600. The van der Waals surface area contributed by atoms with E-state index in [4.69, 9.17) is 10.5 Å². The molecule has 2 nitrogen and oxygen atoms in total. The van der Waals surface area contributed by atoms with Crippen molar-refractivity contribution in [2.75, 3.05) is 13.2 Å². The molecule has 0 radical (unpaired) electrons. The molecule has 1 rings (SSSR count). The summed E-state index contributed by atoms with van der Waals surface area (Å²) in [7, 11) is 0. The van der Waals surface area contributed by atoms with Crippen LogP contribution >= 0.6 is 0 Å². The van der Waals surface area contributed by atoms with Crippen molar-refractivity contribution in [3.05, 3.63) is 0 Å². The van der Waals surface area contributed by atoms with Gasteiger partial charge in [0.25, 0.3) is 0 Å². The maximum absolute atomic E-state index is 5.84. The van der Waals surface area contributed by atoms with E-state index in [1.165, 1.54) is 12.8 Å². The summed E-state index contributed by atoms with van der Waals surface area (Å²) in [5.41, 5.74) is 5.80. The van der Waals surface area contributed by atoms with Crippen molar-refractivity contribution in [3.63, 3.8) is 0 Å². The van der Waals surface area contributed by atoms with Crippen molar-refractivity contribution in [2.24, 2.45) is 11.7 Å². The Bertz CT molecular complexity index is 130. The van der Waals surface area contributed by atoms with Crippen LogP contribution in [0.2, 0.25) is 0 Å². The van der Waals surface area contributed by atoms with Crippen LogP contribution in [0.1, 0.15) is 39.5 Å². The molecule has 1 aliphatic rings. The van der Waals surface area contributed by atoms with Gasteiger partial charge in [-0.05, 0) is 25.2 Å². The van der Waals surface area contributed by atoms with E-state index in [9.17, 15) is 0 Å².